The molecule has 7 nitrogen and oxygen atoms in total. The van der Waals surface area contributed by atoms with Crippen LogP contribution in [0.15, 0.2) is 45.9 Å². The third-order valence-corrected chi connectivity index (χ3v) is 7.35. The van der Waals surface area contributed by atoms with Crippen LogP contribution in [0, 0.1) is 0 Å². The predicted molar refractivity (Wildman–Crippen MR) is 108 cm³/mol. The van der Waals surface area contributed by atoms with Gasteiger partial charge in [-0.15, -0.1) is 0 Å². The zero-order valence-electron chi connectivity index (χ0n) is 15.1. The molecule has 10 heteroatoms. The van der Waals surface area contributed by atoms with Gasteiger partial charge in [-0.25, -0.2) is 8.42 Å². The lowest BCUT2D eigenvalue weighted by Crippen LogP contribution is -2.40. The highest BCUT2D eigenvalue weighted by Gasteiger charge is 2.27. The second-order valence-electron chi connectivity index (χ2n) is 6.05. The van der Waals surface area contributed by atoms with Crippen molar-refractivity contribution in [1.82, 2.24) is 9.62 Å². The van der Waals surface area contributed by atoms with Crippen LogP contribution in [0.3, 0.4) is 0 Å². The minimum atomic E-state index is -3.69. The van der Waals surface area contributed by atoms with Crippen molar-refractivity contribution in [3.05, 3.63) is 52.9 Å². The lowest BCUT2D eigenvalue weighted by molar-refractivity contribution is 0.0730. The Morgan fingerprint density at radius 2 is 2.04 bits per heavy atom. The van der Waals surface area contributed by atoms with Crippen molar-refractivity contribution >= 4 is 39.3 Å². The standard InChI is InChI=1S/C18H21ClN2O5S2/c19-17-4-3-15(28(23,24)21-6-9-25-10-7-21)12-16(17)18(22)20-5-11-27-13-14-2-1-8-26-14/h1-4,8,12H,5-7,9-11,13H2,(H,20,22). The molecule has 1 amide bonds. The van der Waals surface area contributed by atoms with Crippen molar-refractivity contribution in [3.8, 4) is 0 Å². The summed E-state index contributed by atoms with van der Waals surface area (Å²) in [6.45, 7) is 1.73. The molecule has 0 spiro atoms. The average molecular weight is 445 g/mol. The van der Waals surface area contributed by atoms with Crippen molar-refractivity contribution in [2.24, 2.45) is 0 Å². The first kappa shape index (κ1) is 21.2. The van der Waals surface area contributed by atoms with Crippen LogP contribution >= 0.6 is 23.4 Å². The highest BCUT2D eigenvalue weighted by Crippen LogP contribution is 2.23. The monoisotopic (exact) mass is 444 g/mol. The first-order valence-electron chi connectivity index (χ1n) is 8.74. The Morgan fingerprint density at radius 1 is 1.25 bits per heavy atom. The molecule has 1 saturated heterocycles. The van der Waals surface area contributed by atoms with Gasteiger partial charge in [0.1, 0.15) is 5.76 Å². The van der Waals surface area contributed by atoms with Crippen molar-refractivity contribution in [2.45, 2.75) is 10.6 Å². The maximum absolute atomic E-state index is 12.8. The topological polar surface area (TPSA) is 88.8 Å². The second kappa shape index (κ2) is 9.80. The Bertz CT molecular complexity index is 897. The third-order valence-electron chi connectivity index (χ3n) is 4.15. The summed E-state index contributed by atoms with van der Waals surface area (Å²) in [5.41, 5.74) is 0.145. The molecule has 1 aliphatic rings. The number of carbonyl (C=O) groups excluding carboxylic acids is 1. The minimum Gasteiger partial charge on any atom is -0.468 e. The number of benzene rings is 1. The maximum Gasteiger partial charge on any atom is 0.252 e. The van der Waals surface area contributed by atoms with Crippen LogP contribution < -0.4 is 5.32 Å². The summed E-state index contributed by atoms with van der Waals surface area (Å²) in [6.07, 6.45) is 1.62. The first-order valence-corrected chi connectivity index (χ1v) is 11.7. The van der Waals surface area contributed by atoms with Crippen molar-refractivity contribution in [2.75, 3.05) is 38.6 Å². The normalized spacial score (nSPS) is 15.5. The number of halogens is 1. The summed E-state index contributed by atoms with van der Waals surface area (Å²) in [6, 6.07) is 7.92. The molecule has 0 radical (unpaired) electrons. The number of morpholine rings is 1. The van der Waals surface area contributed by atoms with Gasteiger partial charge in [0.2, 0.25) is 10.0 Å². The zero-order valence-corrected chi connectivity index (χ0v) is 17.5. The number of hydrogen-bond acceptors (Lipinski definition) is 6. The molecule has 2 heterocycles. The Hall–Kier alpha value is -1.52. The van der Waals surface area contributed by atoms with E-state index >= 15 is 0 Å². The van der Waals surface area contributed by atoms with E-state index < -0.39 is 15.9 Å². The number of sulfonamides is 1. The van der Waals surface area contributed by atoms with Crippen LogP contribution in [0.5, 0.6) is 0 Å². The molecule has 152 valence electrons. The highest BCUT2D eigenvalue weighted by atomic mass is 35.5. The quantitative estimate of drug-likeness (QED) is 0.629. The lowest BCUT2D eigenvalue weighted by Gasteiger charge is -2.26. The van der Waals surface area contributed by atoms with Gasteiger partial charge in [-0.2, -0.15) is 16.1 Å². The number of nitrogens with zero attached hydrogens (tertiary/aromatic N) is 1. The van der Waals surface area contributed by atoms with Gasteiger partial charge in [0.05, 0.1) is 40.7 Å². The molecule has 2 aromatic rings. The SMILES string of the molecule is O=C(NCCSCc1ccco1)c1cc(S(=O)(=O)N2CCOCC2)ccc1Cl. The summed E-state index contributed by atoms with van der Waals surface area (Å²) < 4.78 is 37.3. The van der Waals surface area contributed by atoms with Gasteiger partial charge in [-0.05, 0) is 30.3 Å². The van der Waals surface area contributed by atoms with E-state index in [0.29, 0.717) is 38.6 Å². The van der Waals surface area contributed by atoms with Crippen LogP contribution in [-0.2, 0) is 20.5 Å². The number of hydrogen-bond donors (Lipinski definition) is 1. The average Bonchev–Trinajstić information content (AvgIpc) is 3.22. The van der Waals surface area contributed by atoms with Crippen molar-refractivity contribution < 1.29 is 22.4 Å². The Labute approximate surface area is 173 Å². The number of amides is 1. The Morgan fingerprint density at radius 3 is 2.75 bits per heavy atom. The molecular formula is C18H21ClN2O5S2. The van der Waals surface area contributed by atoms with Crippen LogP contribution in [0.25, 0.3) is 0 Å². The second-order valence-corrected chi connectivity index (χ2v) is 9.50. The molecule has 1 aromatic carbocycles. The highest BCUT2D eigenvalue weighted by molar-refractivity contribution is 7.98. The van der Waals surface area contributed by atoms with E-state index in [4.69, 9.17) is 20.8 Å². The number of ether oxygens (including phenoxy) is 1. The van der Waals surface area contributed by atoms with E-state index in [2.05, 4.69) is 5.32 Å². The lowest BCUT2D eigenvalue weighted by atomic mass is 10.2. The van der Waals surface area contributed by atoms with Crippen molar-refractivity contribution in [3.63, 3.8) is 0 Å². The molecular weight excluding hydrogens is 424 g/mol. The zero-order chi connectivity index (χ0) is 20.0. The summed E-state index contributed by atoms with van der Waals surface area (Å²) in [7, 11) is -3.69. The van der Waals surface area contributed by atoms with E-state index in [9.17, 15) is 13.2 Å². The van der Waals surface area contributed by atoms with Crippen LogP contribution in [-0.4, -0.2) is 57.2 Å². The molecule has 1 aromatic heterocycles. The van der Waals surface area contributed by atoms with E-state index in [0.717, 1.165) is 11.5 Å². The van der Waals surface area contributed by atoms with Crippen LogP contribution in [0.2, 0.25) is 5.02 Å². The predicted octanol–water partition coefficient (Wildman–Crippen LogP) is 2.62. The van der Waals surface area contributed by atoms with Gasteiger partial charge >= 0.3 is 0 Å². The fourth-order valence-electron chi connectivity index (χ4n) is 2.67. The molecule has 3 rings (SSSR count). The van der Waals surface area contributed by atoms with Gasteiger partial charge in [0.15, 0.2) is 0 Å². The van der Waals surface area contributed by atoms with E-state index in [-0.39, 0.29) is 15.5 Å². The van der Waals surface area contributed by atoms with Gasteiger partial charge < -0.3 is 14.5 Å². The van der Waals surface area contributed by atoms with Gasteiger partial charge in [0, 0.05) is 25.4 Å². The molecule has 0 aliphatic carbocycles. The third kappa shape index (κ3) is 5.30. The number of nitrogens with one attached hydrogen (secondary N) is 1. The summed E-state index contributed by atoms with van der Waals surface area (Å²) in [5, 5.41) is 2.98. The van der Waals surface area contributed by atoms with E-state index in [1.54, 1.807) is 18.0 Å². The summed E-state index contributed by atoms with van der Waals surface area (Å²) in [4.78, 5) is 12.5. The van der Waals surface area contributed by atoms with Crippen LogP contribution in [0.1, 0.15) is 16.1 Å². The first-order chi connectivity index (χ1) is 13.5. The molecule has 1 fully saturated rings. The summed E-state index contributed by atoms with van der Waals surface area (Å²) >= 11 is 7.75. The van der Waals surface area contributed by atoms with E-state index in [1.807, 2.05) is 12.1 Å². The fourth-order valence-corrected chi connectivity index (χ4v) is 5.07. The molecule has 28 heavy (non-hydrogen) atoms. The number of rotatable bonds is 8. The van der Waals surface area contributed by atoms with Crippen molar-refractivity contribution in [1.29, 1.82) is 0 Å². The largest absolute Gasteiger partial charge is 0.468 e. The number of carbonyl (C=O) groups is 1. The van der Waals surface area contributed by atoms with Gasteiger partial charge in [-0.1, -0.05) is 11.6 Å². The Kier molecular flexibility index (Phi) is 7.42. The maximum atomic E-state index is 12.8. The molecule has 0 bridgehead atoms. The molecule has 0 unspecified atom stereocenters. The van der Waals surface area contributed by atoms with Crippen LogP contribution in [0.4, 0.5) is 0 Å². The molecule has 0 saturated carbocycles. The number of thioether (sulfide) groups is 1. The molecule has 0 atom stereocenters. The molecule has 1 aliphatic heterocycles. The van der Waals surface area contributed by atoms with Gasteiger partial charge in [0.25, 0.3) is 5.91 Å². The summed E-state index contributed by atoms with van der Waals surface area (Å²) in [5.74, 6) is 1.88. The van der Waals surface area contributed by atoms with Gasteiger partial charge in [-0.3, -0.25) is 4.79 Å². The Balaban J connectivity index is 1.59. The smallest absolute Gasteiger partial charge is 0.252 e. The minimum absolute atomic E-state index is 0.0520. The molecule has 1 N–H and O–H groups in total. The van der Waals surface area contributed by atoms with E-state index in [1.165, 1.54) is 22.5 Å². The number of furan rings is 1. The fraction of sp³-hybridized carbons (Fsp3) is 0.389.